The Morgan fingerprint density at radius 2 is 1.72 bits per heavy atom. The fraction of sp³-hybridized carbons (Fsp3) is 0.435. The summed E-state index contributed by atoms with van der Waals surface area (Å²) in [5.74, 6) is 0.851. The predicted molar refractivity (Wildman–Crippen MR) is 132 cm³/mol. The van der Waals surface area contributed by atoms with Gasteiger partial charge in [-0.25, -0.2) is 4.98 Å². The van der Waals surface area contributed by atoms with Crippen LogP contribution in [0.4, 0.5) is 5.69 Å². The van der Waals surface area contributed by atoms with Gasteiger partial charge in [-0.3, -0.25) is 0 Å². The molecule has 3 nitrogen and oxygen atoms in total. The zero-order chi connectivity index (χ0) is 19.6. The highest BCUT2D eigenvalue weighted by molar-refractivity contribution is 6.31. The Bertz CT molecular complexity index is 964. The SMILES string of the molecule is CCCC(C)(CC)N(CC)c1c2ccc(Cl)cc2nc2ccc(OC)cc12.Cl.Cl. The van der Waals surface area contributed by atoms with Gasteiger partial charge in [0.1, 0.15) is 5.75 Å². The van der Waals surface area contributed by atoms with Crippen molar-refractivity contribution >= 4 is 63.9 Å². The Morgan fingerprint density at radius 1 is 1.00 bits per heavy atom. The van der Waals surface area contributed by atoms with Crippen LogP contribution in [0.25, 0.3) is 21.8 Å². The van der Waals surface area contributed by atoms with Crippen molar-refractivity contribution in [3.05, 3.63) is 41.4 Å². The molecule has 0 fully saturated rings. The molecule has 1 atom stereocenters. The first-order valence-electron chi connectivity index (χ1n) is 9.82. The summed E-state index contributed by atoms with van der Waals surface area (Å²) in [6.07, 6.45) is 3.37. The van der Waals surface area contributed by atoms with E-state index in [1.807, 2.05) is 24.3 Å². The van der Waals surface area contributed by atoms with Crippen molar-refractivity contribution in [3.8, 4) is 5.75 Å². The number of nitrogens with zero attached hydrogens (tertiary/aromatic N) is 2. The summed E-state index contributed by atoms with van der Waals surface area (Å²) in [7, 11) is 1.71. The minimum atomic E-state index is 0. The van der Waals surface area contributed by atoms with Gasteiger partial charge in [-0.2, -0.15) is 0 Å². The van der Waals surface area contributed by atoms with Gasteiger partial charge in [0.05, 0.1) is 23.8 Å². The average Bonchev–Trinajstić information content (AvgIpc) is 2.67. The molecule has 29 heavy (non-hydrogen) atoms. The van der Waals surface area contributed by atoms with Crippen LogP contribution in [0, 0.1) is 0 Å². The maximum Gasteiger partial charge on any atom is 0.119 e. The average molecular weight is 458 g/mol. The lowest BCUT2D eigenvalue weighted by atomic mass is 9.89. The van der Waals surface area contributed by atoms with Crippen molar-refractivity contribution in [1.82, 2.24) is 4.98 Å². The Labute approximate surface area is 191 Å². The standard InChI is InChI=1S/C23H29ClN2O.2ClH/c1-6-13-23(4,7-2)26(8-3)22-18-11-9-16(24)14-21(18)25-20-12-10-17(27-5)15-19(20)22;;/h9-12,14-15H,6-8,13H2,1-5H3;2*1H. The molecule has 2 aromatic carbocycles. The Balaban J connectivity index is 0.00000210. The fourth-order valence-corrected chi connectivity index (χ4v) is 4.31. The third-order valence-corrected chi connectivity index (χ3v) is 5.94. The summed E-state index contributed by atoms with van der Waals surface area (Å²) in [4.78, 5) is 7.43. The molecule has 6 heteroatoms. The molecule has 1 heterocycles. The van der Waals surface area contributed by atoms with Crippen LogP contribution in [0.2, 0.25) is 5.02 Å². The molecule has 1 unspecified atom stereocenters. The molecule has 0 saturated heterocycles. The van der Waals surface area contributed by atoms with Crippen molar-refractivity contribution in [2.24, 2.45) is 0 Å². The third-order valence-electron chi connectivity index (χ3n) is 5.70. The second kappa shape index (κ2) is 10.6. The van der Waals surface area contributed by atoms with Gasteiger partial charge in [0.15, 0.2) is 0 Å². The number of ether oxygens (including phenoxy) is 1. The highest BCUT2D eigenvalue weighted by Gasteiger charge is 2.31. The number of pyridine rings is 1. The molecule has 0 aliphatic carbocycles. The van der Waals surface area contributed by atoms with E-state index in [9.17, 15) is 0 Å². The summed E-state index contributed by atoms with van der Waals surface area (Å²) < 4.78 is 5.51. The van der Waals surface area contributed by atoms with Crippen LogP contribution in [-0.4, -0.2) is 24.2 Å². The van der Waals surface area contributed by atoms with Gasteiger partial charge in [-0.05, 0) is 63.1 Å². The molecular weight excluding hydrogens is 427 g/mol. The Kier molecular flexibility index (Phi) is 9.33. The Hall–Kier alpha value is -1.42. The molecule has 0 spiro atoms. The van der Waals surface area contributed by atoms with Crippen LogP contribution in [0.5, 0.6) is 5.75 Å². The van der Waals surface area contributed by atoms with Crippen molar-refractivity contribution in [2.45, 2.75) is 52.5 Å². The molecule has 0 saturated carbocycles. The minimum Gasteiger partial charge on any atom is -0.497 e. The van der Waals surface area contributed by atoms with Crippen molar-refractivity contribution < 1.29 is 4.74 Å². The lowest BCUT2D eigenvalue weighted by Crippen LogP contribution is -2.46. The molecule has 0 bridgehead atoms. The van der Waals surface area contributed by atoms with E-state index in [2.05, 4.69) is 44.7 Å². The Morgan fingerprint density at radius 3 is 2.31 bits per heavy atom. The van der Waals surface area contributed by atoms with E-state index in [0.29, 0.717) is 5.02 Å². The van der Waals surface area contributed by atoms with Crippen molar-refractivity contribution in [2.75, 3.05) is 18.6 Å². The second-order valence-electron chi connectivity index (χ2n) is 7.35. The van der Waals surface area contributed by atoms with Gasteiger partial charge in [0.25, 0.3) is 0 Å². The lowest BCUT2D eigenvalue weighted by molar-refractivity contribution is 0.379. The second-order valence-corrected chi connectivity index (χ2v) is 7.79. The topological polar surface area (TPSA) is 25.4 Å². The molecule has 160 valence electrons. The minimum absolute atomic E-state index is 0. The fourth-order valence-electron chi connectivity index (χ4n) is 4.14. The van der Waals surface area contributed by atoms with E-state index in [4.69, 9.17) is 21.3 Å². The number of hydrogen-bond donors (Lipinski definition) is 0. The monoisotopic (exact) mass is 456 g/mol. The van der Waals surface area contributed by atoms with Gasteiger partial charge in [-0.1, -0.05) is 31.9 Å². The van der Waals surface area contributed by atoms with E-state index in [-0.39, 0.29) is 30.4 Å². The zero-order valence-corrected chi connectivity index (χ0v) is 20.2. The van der Waals surface area contributed by atoms with E-state index >= 15 is 0 Å². The number of anilines is 1. The van der Waals surface area contributed by atoms with Crippen LogP contribution in [0.3, 0.4) is 0 Å². The molecule has 3 rings (SSSR count). The highest BCUT2D eigenvalue weighted by atomic mass is 35.5. The van der Waals surface area contributed by atoms with E-state index in [1.165, 1.54) is 5.69 Å². The van der Waals surface area contributed by atoms with E-state index in [0.717, 1.165) is 53.4 Å². The van der Waals surface area contributed by atoms with Gasteiger partial charge in [0.2, 0.25) is 0 Å². The summed E-state index contributed by atoms with van der Waals surface area (Å²) >= 11 is 6.28. The molecular formula is C23H31Cl3N2O. The van der Waals surface area contributed by atoms with Crippen LogP contribution < -0.4 is 9.64 Å². The number of benzene rings is 2. The highest BCUT2D eigenvalue weighted by Crippen LogP contribution is 2.41. The summed E-state index contributed by atoms with van der Waals surface area (Å²) in [6.45, 7) is 10.1. The maximum absolute atomic E-state index is 6.28. The third kappa shape index (κ3) is 4.84. The number of hydrogen-bond acceptors (Lipinski definition) is 3. The van der Waals surface area contributed by atoms with Gasteiger partial charge >= 0.3 is 0 Å². The van der Waals surface area contributed by atoms with Crippen LogP contribution in [0.1, 0.15) is 47.0 Å². The first-order valence-corrected chi connectivity index (χ1v) is 10.2. The summed E-state index contributed by atoms with van der Waals surface area (Å²) in [6, 6.07) is 12.1. The van der Waals surface area contributed by atoms with Crippen molar-refractivity contribution in [3.63, 3.8) is 0 Å². The van der Waals surface area contributed by atoms with Crippen LogP contribution in [0.15, 0.2) is 36.4 Å². The van der Waals surface area contributed by atoms with Crippen molar-refractivity contribution in [1.29, 1.82) is 0 Å². The van der Waals surface area contributed by atoms with Gasteiger partial charge in [-0.15, -0.1) is 24.8 Å². The number of aromatic nitrogens is 1. The first kappa shape index (κ1) is 25.6. The van der Waals surface area contributed by atoms with Crippen LogP contribution in [-0.2, 0) is 0 Å². The molecule has 3 aromatic rings. The predicted octanol–water partition coefficient (Wildman–Crippen LogP) is 7.69. The molecule has 0 radical (unpaired) electrons. The van der Waals surface area contributed by atoms with Gasteiger partial charge < -0.3 is 9.64 Å². The largest absolute Gasteiger partial charge is 0.497 e. The molecule has 0 amide bonds. The quantitative estimate of drug-likeness (QED) is 0.340. The first-order chi connectivity index (χ1) is 13.0. The zero-order valence-electron chi connectivity index (χ0n) is 17.8. The summed E-state index contributed by atoms with van der Waals surface area (Å²) in [5.41, 5.74) is 3.20. The summed E-state index contributed by atoms with van der Waals surface area (Å²) in [5, 5.41) is 2.98. The number of rotatable bonds is 7. The maximum atomic E-state index is 6.28. The molecule has 0 N–H and O–H groups in total. The van der Waals surface area contributed by atoms with Crippen LogP contribution >= 0.6 is 36.4 Å². The number of fused-ring (bicyclic) bond motifs is 2. The smallest absolute Gasteiger partial charge is 0.119 e. The molecule has 1 aromatic heterocycles. The normalized spacial score (nSPS) is 12.8. The number of methoxy groups -OCH3 is 1. The molecule has 0 aliphatic rings. The van der Waals surface area contributed by atoms with Gasteiger partial charge in [0, 0.05) is 27.9 Å². The van der Waals surface area contributed by atoms with E-state index < -0.39 is 0 Å². The van der Waals surface area contributed by atoms with E-state index in [1.54, 1.807) is 7.11 Å². The molecule has 0 aliphatic heterocycles. The number of halogens is 3. The lowest BCUT2D eigenvalue weighted by Gasteiger charge is -2.43.